The summed E-state index contributed by atoms with van der Waals surface area (Å²) >= 11 is 3.48. The van der Waals surface area contributed by atoms with Crippen LogP contribution >= 0.6 is 15.9 Å². The molecule has 1 amide bonds. The molecule has 5 nitrogen and oxygen atoms in total. The van der Waals surface area contributed by atoms with Crippen molar-refractivity contribution in [3.8, 4) is 5.69 Å². The second kappa shape index (κ2) is 7.66. The lowest BCUT2D eigenvalue weighted by Crippen LogP contribution is -2.49. The van der Waals surface area contributed by atoms with E-state index in [2.05, 4.69) is 38.4 Å². The Labute approximate surface area is 166 Å². The van der Waals surface area contributed by atoms with Crippen LogP contribution in [-0.4, -0.2) is 28.7 Å². The molecular weight excluding hydrogens is 406 g/mol. The zero-order valence-corrected chi connectivity index (χ0v) is 16.4. The summed E-state index contributed by atoms with van der Waals surface area (Å²) in [5, 5.41) is 3.29. The Morgan fingerprint density at radius 1 is 1.07 bits per heavy atom. The Morgan fingerprint density at radius 3 is 2.41 bits per heavy atom. The van der Waals surface area contributed by atoms with E-state index in [1.54, 1.807) is 12.5 Å². The Kier molecular flexibility index (Phi) is 5.09. The summed E-state index contributed by atoms with van der Waals surface area (Å²) in [5.74, 6) is -0.0722. The van der Waals surface area contributed by atoms with Gasteiger partial charge in [0.2, 0.25) is 0 Å². The topological polar surface area (TPSA) is 56.1 Å². The third kappa shape index (κ3) is 3.82. The first-order valence-corrected chi connectivity index (χ1v) is 9.70. The minimum Gasteiger partial charge on any atom is -0.381 e. The third-order valence-electron chi connectivity index (χ3n) is 5.03. The average Bonchev–Trinajstić information content (AvgIpc) is 3.24. The van der Waals surface area contributed by atoms with Crippen LogP contribution in [0.3, 0.4) is 0 Å². The lowest BCUT2D eigenvalue weighted by molar-refractivity contribution is 0.0345. The number of carbonyl (C=O) groups is 1. The number of nitrogens with one attached hydrogen (secondary N) is 1. The number of hydrogen-bond acceptors (Lipinski definition) is 3. The second-order valence-corrected chi connectivity index (χ2v) is 7.59. The highest BCUT2D eigenvalue weighted by atomic mass is 79.9. The van der Waals surface area contributed by atoms with Gasteiger partial charge in [-0.25, -0.2) is 4.98 Å². The Bertz CT molecular complexity index is 900. The van der Waals surface area contributed by atoms with Crippen LogP contribution in [0.4, 0.5) is 0 Å². The van der Waals surface area contributed by atoms with E-state index < -0.39 is 5.54 Å². The van der Waals surface area contributed by atoms with Crippen LogP contribution in [0.2, 0.25) is 0 Å². The van der Waals surface area contributed by atoms with Crippen molar-refractivity contribution in [3.05, 3.63) is 82.9 Å². The molecule has 1 aromatic heterocycles. The molecule has 0 unspecified atom stereocenters. The molecule has 0 spiro atoms. The van der Waals surface area contributed by atoms with Crippen molar-refractivity contribution < 1.29 is 9.53 Å². The van der Waals surface area contributed by atoms with Crippen LogP contribution in [-0.2, 0) is 10.3 Å². The summed E-state index contributed by atoms with van der Waals surface area (Å²) in [6.45, 7) is 1.27. The van der Waals surface area contributed by atoms with Gasteiger partial charge in [-0.3, -0.25) is 4.79 Å². The molecule has 1 fully saturated rings. The summed E-state index contributed by atoms with van der Waals surface area (Å²) in [6.07, 6.45) is 6.86. The third-order valence-corrected chi connectivity index (χ3v) is 5.56. The number of amides is 1. The first-order chi connectivity index (χ1) is 13.2. The van der Waals surface area contributed by atoms with Gasteiger partial charge < -0.3 is 14.6 Å². The van der Waals surface area contributed by atoms with Gasteiger partial charge in [-0.05, 0) is 54.8 Å². The number of imidazole rings is 1. The standard InChI is InChI=1S/C21H20BrN3O2/c22-18-5-3-17(4-6-18)21(9-13-27-14-10-21)24-20(26)16-1-7-19(8-2-16)25-12-11-23-15-25/h1-8,11-12,15H,9-10,13-14H2,(H,24,26). The largest absolute Gasteiger partial charge is 0.381 e. The van der Waals surface area contributed by atoms with Crippen LogP contribution in [0.1, 0.15) is 28.8 Å². The van der Waals surface area contributed by atoms with Crippen molar-refractivity contribution in [3.63, 3.8) is 0 Å². The van der Waals surface area contributed by atoms with Gasteiger partial charge in [-0.2, -0.15) is 0 Å². The first kappa shape index (κ1) is 17.9. The SMILES string of the molecule is O=C(NC1(c2ccc(Br)cc2)CCOCC1)c1ccc(-n2ccnc2)cc1. The molecule has 0 bridgehead atoms. The zero-order chi connectivity index (χ0) is 18.7. The van der Waals surface area contributed by atoms with Gasteiger partial charge in [-0.15, -0.1) is 0 Å². The van der Waals surface area contributed by atoms with Gasteiger partial charge in [-0.1, -0.05) is 28.1 Å². The minimum absolute atomic E-state index is 0.0722. The summed E-state index contributed by atoms with van der Waals surface area (Å²) < 4.78 is 8.47. The van der Waals surface area contributed by atoms with Crippen LogP contribution in [0.25, 0.3) is 5.69 Å². The predicted octanol–water partition coefficient (Wildman–Crippen LogP) is 4.07. The normalized spacial score (nSPS) is 16.0. The van der Waals surface area contributed by atoms with E-state index in [1.807, 2.05) is 47.2 Å². The maximum absolute atomic E-state index is 13.0. The Balaban J connectivity index is 1.57. The van der Waals surface area contributed by atoms with Crippen molar-refractivity contribution >= 4 is 21.8 Å². The molecule has 1 aliphatic heterocycles. The van der Waals surface area contributed by atoms with E-state index in [0.717, 1.165) is 28.6 Å². The van der Waals surface area contributed by atoms with Crippen LogP contribution < -0.4 is 5.32 Å². The fraction of sp³-hybridized carbons (Fsp3) is 0.238. The fourth-order valence-corrected chi connectivity index (χ4v) is 3.73. The second-order valence-electron chi connectivity index (χ2n) is 6.67. The fourth-order valence-electron chi connectivity index (χ4n) is 3.46. The van der Waals surface area contributed by atoms with E-state index in [9.17, 15) is 4.79 Å². The number of rotatable bonds is 4. The highest BCUT2D eigenvalue weighted by Crippen LogP contribution is 2.33. The predicted molar refractivity (Wildman–Crippen MR) is 107 cm³/mol. The molecule has 1 aliphatic rings. The van der Waals surface area contributed by atoms with Gasteiger partial charge in [0.05, 0.1) is 11.9 Å². The number of benzene rings is 2. The highest BCUT2D eigenvalue weighted by Gasteiger charge is 2.36. The number of aromatic nitrogens is 2. The molecule has 138 valence electrons. The van der Waals surface area contributed by atoms with Gasteiger partial charge in [0.25, 0.3) is 5.91 Å². The summed E-state index contributed by atoms with van der Waals surface area (Å²) in [6, 6.07) is 15.7. The van der Waals surface area contributed by atoms with Crippen molar-refractivity contribution in [1.29, 1.82) is 0 Å². The average molecular weight is 426 g/mol. The molecule has 1 saturated heterocycles. The van der Waals surface area contributed by atoms with E-state index in [4.69, 9.17) is 4.74 Å². The molecule has 2 heterocycles. The monoisotopic (exact) mass is 425 g/mol. The molecule has 4 rings (SSSR count). The zero-order valence-electron chi connectivity index (χ0n) is 14.8. The maximum atomic E-state index is 13.0. The summed E-state index contributed by atoms with van der Waals surface area (Å²) in [4.78, 5) is 17.0. The van der Waals surface area contributed by atoms with Crippen LogP contribution in [0, 0.1) is 0 Å². The van der Waals surface area contributed by atoms with Crippen molar-refractivity contribution in [2.24, 2.45) is 0 Å². The van der Waals surface area contributed by atoms with Gasteiger partial charge in [0, 0.05) is 41.3 Å². The van der Waals surface area contributed by atoms with Gasteiger partial charge in [0.1, 0.15) is 0 Å². The lowest BCUT2D eigenvalue weighted by Gasteiger charge is -2.38. The molecule has 2 aromatic carbocycles. The molecule has 0 atom stereocenters. The van der Waals surface area contributed by atoms with Crippen LogP contribution in [0.5, 0.6) is 0 Å². The van der Waals surface area contributed by atoms with E-state index in [-0.39, 0.29) is 5.91 Å². The van der Waals surface area contributed by atoms with Crippen molar-refractivity contribution in [1.82, 2.24) is 14.9 Å². The number of nitrogens with zero attached hydrogens (tertiary/aromatic N) is 2. The van der Waals surface area contributed by atoms with Gasteiger partial charge >= 0.3 is 0 Å². The first-order valence-electron chi connectivity index (χ1n) is 8.91. The molecule has 3 aromatic rings. The quantitative estimate of drug-likeness (QED) is 0.685. The molecule has 27 heavy (non-hydrogen) atoms. The molecule has 0 radical (unpaired) electrons. The van der Waals surface area contributed by atoms with E-state index >= 15 is 0 Å². The molecule has 0 aliphatic carbocycles. The summed E-state index contributed by atoms with van der Waals surface area (Å²) in [5.41, 5.74) is 2.32. The van der Waals surface area contributed by atoms with E-state index in [0.29, 0.717) is 18.8 Å². The summed E-state index contributed by atoms with van der Waals surface area (Å²) in [7, 11) is 0. The van der Waals surface area contributed by atoms with E-state index in [1.165, 1.54) is 0 Å². The van der Waals surface area contributed by atoms with Crippen molar-refractivity contribution in [2.75, 3.05) is 13.2 Å². The molecular formula is C21H20BrN3O2. The minimum atomic E-state index is -0.404. The molecule has 6 heteroatoms. The smallest absolute Gasteiger partial charge is 0.251 e. The number of ether oxygens (including phenoxy) is 1. The Morgan fingerprint density at radius 2 is 1.78 bits per heavy atom. The molecule has 0 saturated carbocycles. The maximum Gasteiger partial charge on any atom is 0.251 e. The van der Waals surface area contributed by atoms with Crippen molar-refractivity contribution in [2.45, 2.75) is 18.4 Å². The molecule has 1 N–H and O–H groups in total. The Hall–Kier alpha value is -2.44. The van der Waals surface area contributed by atoms with Gasteiger partial charge in [0.15, 0.2) is 0 Å². The van der Waals surface area contributed by atoms with Crippen LogP contribution in [0.15, 0.2) is 71.7 Å². The number of halogens is 1. The highest BCUT2D eigenvalue weighted by molar-refractivity contribution is 9.10. The number of carbonyl (C=O) groups excluding carboxylic acids is 1. The number of hydrogen-bond donors (Lipinski definition) is 1. The lowest BCUT2D eigenvalue weighted by atomic mass is 9.82.